The smallest absolute Gasteiger partial charge is 0.116 e. The van der Waals surface area contributed by atoms with Crippen molar-refractivity contribution in [1.29, 1.82) is 0 Å². The van der Waals surface area contributed by atoms with E-state index < -0.39 is 0 Å². The maximum absolute atomic E-state index is 4.82. The third-order valence-corrected chi connectivity index (χ3v) is 3.53. The van der Waals surface area contributed by atoms with Crippen LogP contribution in [0.25, 0.3) is 33.7 Å². The molecule has 0 radical (unpaired) electrons. The first-order chi connectivity index (χ1) is 10.9. The van der Waals surface area contributed by atoms with Crippen LogP contribution in [0.15, 0.2) is 79.0 Å². The quantitative estimate of drug-likeness (QED) is 0.548. The molecule has 3 heteroatoms. The van der Waals surface area contributed by atoms with Gasteiger partial charge >= 0.3 is 0 Å². The highest BCUT2D eigenvalue weighted by Gasteiger charge is 2.13. The van der Waals surface area contributed by atoms with Crippen LogP contribution >= 0.6 is 0 Å². The van der Waals surface area contributed by atoms with Crippen molar-refractivity contribution in [3.63, 3.8) is 0 Å². The van der Waals surface area contributed by atoms with Crippen LogP contribution in [0.4, 0.5) is 0 Å². The van der Waals surface area contributed by atoms with E-state index in [2.05, 4.69) is 4.98 Å². The molecule has 0 N–H and O–H groups in total. The molecule has 2 aromatic carbocycles. The number of hydrogen-bond donors (Lipinski definition) is 0. The van der Waals surface area contributed by atoms with E-state index in [1.807, 2.05) is 72.8 Å². The van der Waals surface area contributed by atoms with Gasteiger partial charge in [0, 0.05) is 11.8 Å². The fourth-order valence-electron chi connectivity index (χ4n) is 2.48. The second-order valence-corrected chi connectivity index (χ2v) is 4.99. The van der Waals surface area contributed by atoms with E-state index in [1.54, 1.807) is 6.20 Å². The van der Waals surface area contributed by atoms with Crippen molar-refractivity contribution in [2.45, 2.75) is 0 Å². The van der Waals surface area contributed by atoms with Gasteiger partial charge < -0.3 is 0 Å². The summed E-state index contributed by atoms with van der Waals surface area (Å²) >= 11 is 0. The van der Waals surface area contributed by atoms with E-state index in [0.717, 1.165) is 33.7 Å². The fourth-order valence-corrected chi connectivity index (χ4v) is 2.48. The zero-order valence-electron chi connectivity index (χ0n) is 11.8. The second-order valence-electron chi connectivity index (χ2n) is 4.99. The van der Waals surface area contributed by atoms with Gasteiger partial charge in [-0.1, -0.05) is 48.5 Å². The lowest BCUT2D eigenvalue weighted by Crippen LogP contribution is -1.96. The molecule has 0 unspecified atom stereocenters. The van der Waals surface area contributed by atoms with Crippen molar-refractivity contribution in [1.82, 2.24) is 15.0 Å². The predicted molar refractivity (Wildman–Crippen MR) is 88.2 cm³/mol. The van der Waals surface area contributed by atoms with Gasteiger partial charge in [-0.3, -0.25) is 4.98 Å². The molecule has 0 aliphatic carbocycles. The summed E-state index contributed by atoms with van der Waals surface area (Å²) in [5.74, 6) is 0. The molecule has 3 nitrogen and oxygen atoms in total. The molecular weight excluding hydrogens is 270 g/mol. The second kappa shape index (κ2) is 5.37. The van der Waals surface area contributed by atoms with Crippen molar-refractivity contribution in [2.24, 2.45) is 0 Å². The number of fused-ring (bicyclic) bond motifs is 1. The zero-order valence-corrected chi connectivity index (χ0v) is 11.8. The van der Waals surface area contributed by atoms with E-state index in [9.17, 15) is 0 Å². The first kappa shape index (κ1) is 12.7. The third-order valence-electron chi connectivity index (χ3n) is 3.53. The average molecular weight is 283 g/mol. The van der Waals surface area contributed by atoms with Crippen molar-refractivity contribution in [3.05, 3.63) is 79.0 Å². The standard InChI is InChI=1S/C19H13N3/c1-2-8-14(9-3-1)18-19(17-12-6-7-13-20-17)22-16-11-5-4-10-15(16)21-18/h1-13H. The monoisotopic (exact) mass is 283 g/mol. The molecule has 0 spiro atoms. The minimum atomic E-state index is 0.811. The van der Waals surface area contributed by atoms with Crippen molar-refractivity contribution >= 4 is 11.0 Å². The molecule has 0 aliphatic rings. The molecule has 104 valence electrons. The molecule has 2 heterocycles. The van der Waals surface area contributed by atoms with E-state index in [1.165, 1.54) is 0 Å². The minimum absolute atomic E-state index is 0.811. The summed E-state index contributed by atoms with van der Waals surface area (Å²) in [5, 5.41) is 0. The van der Waals surface area contributed by atoms with Gasteiger partial charge in [0.1, 0.15) is 5.69 Å². The van der Waals surface area contributed by atoms with E-state index >= 15 is 0 Å². The number of rotatable bonds is 2. The third kappa shape index (κ3) is 2.23. The summed E-state index contributed by atoms with van der Waals surface area (Å²) in [6, 6.07) is 23.9. The van der Waals surface area contributed by atoms with Crippen LogP contribution in [0.5, 0.6) is 0 Å². The topological polar surface area (TPSA) is 38.7 Å². The van der Waals surface area contributed by atoms with Crippen LogP contribution in [0.2, 0.25) is 0 Å². The molecule has 0 atom stereocenters. The normalized spacial score (nSPS) is 10.7. The predicted octanol–water partition coefficient (Wildman–Crippen LogP) is 4.36. The first-order valence-electron chi connectivity index (χ1n) is 7.15. The number of aromatic nitrogens is 3. The van der Waals surface area contributed by atoms with E-state index in [4.69, 9.17) is 9.97 Å². The molecule has 0 amide bonds. The van der Waals surface area contributed by atoms with Crippen LogP contribution in [0.1, 0.15) is 0 Å². The maximum atomic E-state index is 4.82. The van der Waals surface area contributed by atoms with Crippen LogP contribution in [0, 0.1) is 0 Å². The van der Waals surface area contributed by atoms with Crippen LogP contribution < -0.4 is 0 Å². The number of nitrogens with zero attached hydrogens (tertiary/aromatic N) is 3. The van der Waals surface area contributed by atoms with Gasteiger partial charge in [-0.05, 0) is 24.3 Å². The average Bonchev–Trinajstić information content (AvgIpc) is 2.62. The zero-order chi connectivity index (χ0) is 14.8. The lowest BCUT2D eigenvalue weighted by Gasteiger charge is -2.09. The largest absolute Gasteiger partial charge is 0.255 e. The number of pyridine rings is 1. The Hall–Kier alpha value is -3.07. The highest BCUT2D eigenvalue weighted by molar-refractivity contribution is 5.85. The summed E-state index contributed by atoms with van der Waals surface area (Å²) in [6.07, 6.45) is 1.78. The Kier molecular flexibility index (Phi) is 3.09. The lowest BCUT2D eigenvalue weighted by atomic mass is 10.1. The highest BCUT2D eigenvalue weighted by atomic mass is 14.9. The van der Waals surface area contributed by atoms with Gasteiger partial charge in [0.15, 0.2) is 0 Å². The first-order valence-corrected chi connectivity index (χ1v) is 7.15. The number of para-hydroxylation sites is 2. The van der Waals surface area contributed by atoms with Gasteiger partial charge in [-0.25, -0.2) is 9.97 Å². The summed E-state index contributed by atoms with van der Waals surface area (Å²) in [6.45, 7) is 0. The molecular formula is C19H13N3. The van der Waals surface area contributed by atoms with Gasteiger partial charge in [0.2, 0.25) is 0 Å². The van der Waals surface area contributed by atoms with Gasteiger partial charge in [-0.2, -0.15) is 0 Å². The van der Waals surface area contributed by atoms with Crippen molar-refractivity contribution in [3.8, 4) is 22.6 Å². The Bertz CT molecular complexity index is 841. The van der Waals surface area contributed by atoms with Gasteiger partial charge in [0.05, 0.1) is 22.4 Å². The molecule has 4 rings (SSSR count). The fraction of sp³-hybridized carbons (Fsp3) is 0. The van der Waals surface area contributed by atoms with E-state index in [0.29, 0.717) is 0 Å². The van der Waals surface area contributed by atoms with Crippen LogP contribution in [-0.2, 0) is 0 Å². The molecule has 22 heavy (non-hydrogen) atoms. The SMILES string of the molecule is c1ccc(-c2nc3ccccc3nc2-c2ccccn2)cc1. The van der Waals surface area contributed by atoms with Crippen LogP contribution in [-0.4, -0.2) is 15.0 Å². The maximum Gasteiger partial charge on any atom is 0.116 e. The van der Waals surface area contributed by atoms with E-state index in [-0.39, 0.29) is 0 Å². The highest BCUT2D eigenvalue weighted by Crippen LogP contribution is 2.29. The van der Waals surface area contributed by atoms with Crippen LogP contribution in [0.3, 0.4) is 0 Å². The molecule has 0 saturated heterocycles. The molecule has 0 aliphatic heterocycles. The van der Waals surface area contributed by atoms with Crippen molar-refractivity contribution in [2.75, 3.05) is 0 Å². The van der Waals surface area contributed by atoms with Gasteiger partial charge in [-0.15, -0.1) is 0 Å². The summed E-state index contributed by atoms with van der Waals surface area (Å²) in [5.41, 5.74) is 5.31. The number of benzene rings is 2. The summed E-state index contributed by atoms with van der Waals surface area (Å²) < 4.78 is 0. The Morgan fingerprint density at radius 2 is 1.18 bits per heavy atom. The Morgan fingerprint density at radius 1 is 0.545 bits per heavy atom. The Labute approximate surface area is 128 Å². The Balaban J connectivity index is 2.04. The Morgan fingerprint density at radius 3 is 1.86 bits per heavy atom. The lowest BCUT2D eigenvalue weighted by molar-refractivity contribution is 1.24. The summed E-state index contributed by atoms with van der Waals surface area (Å²) in [7, 11) is 0. The molecule has 0 fully saturated rings. The molecule has 0 saturated carbocycles. The number of hydrogen-bond acceptors (Lipinski definition) is 3. The minimum Gasteiger partial charge on any atom is -0.255 e. The summed E-state index contributed by atoms with van der Waals surface area (Å²) in [4.78, 5) is 14.1. The van der Waals surface area contributed by atoms with Gasteiger partial charge in [0.25, 0.3) is 0 Å². The molecule has 4 aromatic rings. The molecule has 2 aromatic heterocycles. The molecule has 0 bridgehead atoms. The van der Waals surface area contributed by atoms with Crippen molar-refractivity contribution < 1.29 is 0 Å².